The van der Waals surface area contributed by atoms with Gasteiger partial charge < -0.3 is 5.11 Å². The minimum Gasteiger partial charge on any atom is -0.477 e. The number of aryl methyl sites for hydroxylation is 1. The van der Waals surface area contributed by atoms with Crippen molar-refractivity contribution in [3.05, 3.63) is 39.8 Å². The molecule has 0 saturated heterocycles. The normalized spacial score (nSPS) is 10.7. The number of nitrogens with one attached hydrogen (secondary N) is 1. The number of aromatic nitrogens is 2. The molecule has 1 heterocycles. The first-order valence-electron chi connectivity index (χ1n) is 5.16. The minimum atomic E-state index is -1.13. The number of benzene rings is 1. The van der Waals surface area contributed by atoms with Gasteiger partial charge in [-0.15, -0.1) is 0 Å². The van der Waals surface area contributed by atoms with E-state index >= 15 is 0 Å². The molecule has 18 heavy (non-hydrogen) atoms. The summed E-state index contributed by atoms with van der Waals surface area (Å²) < 4.78 is 13.6. The van der Waals surface area contributed by atoms with Gasteiger partial charge in [-0.1, -0.05) is 11.6 Å². The van der Waals surface area contributed by atoms with E-state index in [4.69, 9.17) is 16.7 Å². The van der Waals surface area contributed by atoms with Crippen molar-refractivity contribution in [1.29, 1.82) is 0 Å². The molecule has 0 saturated carbocycles. The number of aromatic amines is 1. The van der Waals surface area contributed by atoms with Gasteiger partial charge in [0, 0.05) is 5.56 Å². The molecule has 4 nitrogen and oxygen atoms in total. The lowest BCUT2D eigenvalue weighted by Crippen LogP contribution is -1.95. The van der Waals surface area contributed by atoms with E-state index in [1.807, 2.05) is 0 Å². The van der Waals surface area contributed by atoms with Crippen molar-refractivity contribution in [1.82, 2.24) is 10.2 Å². The van der Waals surface area contributed by atoms with Crippen LogP contribution in [0.15, 0.2) is 12.1 Å². The van der Waals surface area contributed by atoms with E-state index in [0.717, 1.165) is 11.1 Å². The summed E-state index contributed by atoms with van der Waals surface area (Å²) >= 11 is 5.92. The van der Waals surface area contributed by atoms with Crippen LogP contribution in [0.25, 0.3) is 11.3 Å². The summed E-state index contributed by atoms with van der Waals surface area (Å²) in [7, 11) is 0. The summed E-state index contributed by atoms with van der Waals surface area (Å²) in [6.07, 6.45) is 0. The van der Waals surface area contributed by atoms with Crippen molar-refractivity contribution >= 4 is 17.6 Å². The molecular formula is C12H10ClFN2O2. The highest BCUT2D eigenvalue weighted by Crippen LogP contribution is 2.34. The quantitative estimate of drug-likeness (QED) is 0.879. The van der Waals surface area contributed by atoms with Gasteiger partial charge >= 0.3 is 5.97 Å². The van der Waals surface area contributed by atoms with Crippen LogP contribution in [0.2, 0.25) is 5.02 Å². The first kappa shape index (κ1) is 12.6. The van der Waals surface area contributed by atoms with Crippen LogP contribution in [-0.4, -0.2) is 21.3 Å². The Morgan fingerprint density at radius 1 is 1.44 bits per heavy atom. The molecule has 1 aromatic heterocycles. The Balaban J connectivity index is 2.66. The third-order valence-electron chi connectivity index (χ3n) is 2.80. The van der Waals surface area contributed by atoms with Crippen LogP contribution in [0.3, 0.4) is 0 Å². The van der Waals surface area contributed by atoms with Gasteiger partial charge in [0.2, 0.25) is 0 Å². The topological polar surface area (TPSA) is 66.0 Å². The van der Waals surface area contributed by atoms with Gasteiger partial charge in [0.25, 0.3) is 0 Å². The molecule has 0 aliphatic heterocycles. The third-order valence-corrected chi connectivity index (χ3v) is 3.17. The lowest BCUT2D eigenvalue weighted by Gasteiger charge is -2.09. The summed E-state index contributed by atoms with van der Waals surface area (Å²) in [5.74, 6) is -1.68. The fourth-order valence-corrected chi connectivity index (χ4v) is 2.00. The molecule has 0 aliphatic rings. The predicted molar refractivity (Wildman–Crippen MR) is 65.4 cm³/mol. The fraction of sp³-hybridized carbons (Fsp3) is 0.167. The Morgan fingerprint density at radius 2 is 2.11 bits per heavy atom. The summed E-state index contributed by atoms with van der Waals surface area (Å²) in [5, 5.41) is 15.0. The molecule has 0 spiro atoms. The molecule has 0 fully saturated rings. The van der Waals surface area contributed by atoms with E-state index in [1.165, 1.54) is 12.1 Å². The minimum absolute atomic E-state index is 0.0541. The number of halogens is 2. The maximum Gasteiger partial charge on any atom is 0.353 e. The van der Waals surface area contributed by atoms with Gasteiger partial charge in [0.15, 0.2) is 0 Å². The van der Waals surface area contributed by atoms with Crippen LogP contribution in [0.4, 0.5) is 4.39 Å². The molecule has 0 amide bonds. The van der Waals surface area contributed by atoms with Gasteiger partial charge in [0.1, 0.15) is 11.5 Å². The van der Waals surface area contributed by atoms with Crippen molar-refractivity contribution in [3.63, 3.8) is 0 Å². The van der Waals surface area contributed by atoms with Crippen molar-refractivity contribution in [3.8, 4) is 11.3 Å². The molecule has 0 bridgehead atoms. The molecular weight excluding hydrogens is 259 g/mol. The number of carbonyl (C=O) groups is 1. The molecule has 94 valence electrons. The van der Waals surface area contributed by atoms with Crippen molar-refractivity contribution in [2.24, 2.45) is 0 Å². The highest BCUT2D eigenvalue weighted by Gasteiger charge is 2.18. The molecule has 0 atom stereocenters. The number of nitrogens with zero attached hydrogens (tertiary/aromatic N) is 1. The molecule has 0 unspecified atom stereocenters. The average Bonchev–Trinajstić information content (AvgIpc) is 2.76. The summed E-state index contributed by atoms with van der Waals surface area (Å²) in [6, 6.07) is 2.67. The highest BCUT2D eigenvalue weighted by atomic mass is 35.5. The SMILES string of the molecule is Cc1cc(F)c(Cl)c(-c2cc(C(=O)O)[nH]n2)c1C. The first-order valence-corrected chi connectivity index (χ1v) is 5.54. The predicted octanol–water partition coefficient (Wildman–Crippen LogP) is 3.18. The number of aromatic carboxylic acids is 1. The Kier molecular flexibility index (Phi) is 3.09. The van der Waals surface area contributed by atoms with Crippen LogP contribution in [-0.2, 0) is 0 Å². The van der Waals surface area contributed by atoms with E-state index in [2.05, 4.69) is 10.2 Å². The zero-order valence-corrected chi connectivity index (χ0v) is 10.5. The molecule has 6 heteroatoms. The van der Waals surface area contributed by atoms with Crippen LogP contribution in [0.1, 0.15) is 21.6 Å². The van der Waals surface area contributed by atoms with Gasteiger partial charge in [-0.05, 0) is 37.1 Å². The van der Waals surface area contributed by atoms with E-state index in [1.54, 1.807) is 13.8 Å². The monoisotopic (exact) mass is 268 g/mol. The van der Waals surface area contributed by atoms with E-state index in [9.17, 15) is 9.18 Å². The third kappa shape index (κ3) is 1.97. The molecule has 1 aromatic carbocycles. The number of carboxylic acid groups (broad SMARTS) is 1. The number of carboxylic acids is 1. The second kappa shape index (κ2) is 4.42. The number of rotatable bonds is 2. The molecule has 0 aliphatic carbocycles. The fourth-order valence-electron chi connectivity index (χ4n) is 1.71. The molecule has 2 N–H and O–H groups in total. The largest absolute Gasteiger partial charge is 0.477 e. The smallest absolute Gasteiger partial charge is 0.353 e. The Bertz CT molecular complexity index is 611. The van der Waals surface area contributed by atoms with Crippen molar-refractivity contribution in [2.45, 2.75) is 13.8 Å². The van der Waals surface area contributed by atoms with E-state index < -0.39 is 11.8 Å². The van der Waals surface area contributed by atoms with Gasteiger partial charge in [-0.2, -0.15) is 5.10 Å². The van der Waals surface area contributed by atoms with Gasteiger partial charge in [0.05, 0.1) is 10.7 Å². The van der Waals surface area contributed by atoms with Crippen LogP contribution < -0.4 is 0 Å². The second-order valence-corrected chi connectivity index (χ2v) is 4.34. The second-order valence-electron chi connectivity index (χ2n) is 3.96. The Labute approximate surface area is 107 Å². The maximum absolute atomic E-state index is 13.6. The van der Waals surface area contributed by atoms with Crippen molar-refractivity contribution in [2.75, 3.05) is 0 Å². The summed E-state index contributed by atoms with van der Waals surface area (Å²) in [6.45, 7) is 3.54. The van der Waals surface area contributed by atoms with Crippen LogP contribution in [0, 0.1) is 19.7 Å². The zero-order valence-electron chi connectivity index (χ0n) is 9.71. The van der Waals surface area contributed by atoms with E-state index in [-0.39, 0.29) is 10.7 Å². The summed E-state index contributed by atoms with van der Waals surface area (Å²) in [4.78, 5) is 10.8. The lowest BCUT2D eigenvalue weighted by atomic mass is 10.0. The zero-order chi connectivity index (χ0) is 13.4. The Morgan fingerprint density at radius 3 is 2.67 bits per heavy atom. The Hall–Kier alpha value is -1.88. The summed E-state index contributed by atoms with van der Waals surface area (Å²) in [5.41, 5.74) is 2.16. The molecule has 0 radical (unpaired) electrons. The highest BCUT2D eigenvalue weighted by molar-refractivity contribution is 6.33. The standard InChI is InChI=1S/C12H10ClFN2O2/c1-5-3-7(14)11(13)10(6(5)2)8-4-9(12(17)18)16-15-8/h3-4H,1-2H3,(H,15,16)(H,17,18). The van der Waals surface area contributed by atoms with Crippen molar-refractivity contribution < 1.29 is 14.3 Å². The van der Waals surface area contributed by atoms with Crippen LogP contribution in [0.5, 0.6) is 0 Å². The first-order chi connectivity index (χ1) is 8.41. The van der Waals surface area contributed by atoms with E-state index in [0.29, 0.717) is 11.3 Å². The number of H-pyrrole nitrogens is 1. The number of hydrogen-bond donors (Lipinski definition) is 2. The average molecular weight is 269 g/mol. The molecule has 2 aromatic rings. The van der Waals surface area contributed by atoms with Gasteiger partial charge in [-0.25, -0.2) is 9.18 Å². The number of hydrogen-bond acceptors (Lipinski definition) is 2. The van der Waals surface area contributed by atoms with Crippen LogP contribution >= 0.6 is 11.6 Å². The van der Waals surface area contributed by atoms with Gasteiger partial charge in [-0.3, -0.25) is 5.10 Å². The maximum atomic E-state index is 13.6. The lowest BCUT2D eigenvalue weighted by molar-refractivity contribution is 0.0690. The molecule has 2 rings (SSSR count).